The van der Waals surface area contributed by atoms with Gasteiger partial charge in [0.15, 0.2) is 0 Å². The molecular weight excluding hydrogens is 222 g/mol. The second-order valence-electron chi connectivity index (χ2n) is 2.70. The number of aliphatic hydroxyl groups excluding tert-OH is 1. The van der Waals surface area contributed by atoms with E-state index in [2.05, 4.69) is 21.0 Å². The van der Waals surface area contributed by atoms with Crippen LogP contribution in [-0.2, 0) is 7.05 Å². The molecule has 3 N–H and O–H groups in total. The van der Waals surface area contributed by atoms with Gasteiger partial charge < -0.3 is 10.8 Å². The summed E-state index contributed by atoms with van der Waals surface area (Å²) >= 11 is 3.37. The van der Waals surface area contributed by atoms with Gasteiger partial charge in [0.05, 0.1) is 28.5 Å². The van der Waals surface area contributed by atoms with Crippen molar-refractivity contribution >= 4 is 15.9 Å². The average Bonchev–Trinajstić information content (AvgIpc) is 2.26. The van der Waals surface area contributed by atoms with Gasteiger partial charge in [-0.3, -0.25) is 4.68 Å². The van der Waals surface area contributed by atoms with Gasteiger partial charge in [-0.25, -0.2) is 0 Å². The first kappa shape index (κ1) is 9.70. The third-order valence-corrected chi connectivity index (χ3v) is 2.72. The lowest BCUT2D eigenvalue weighted by atomic mass is 10.2. The second kappa shape index (κ2) is 3.55. The Morgan fingerprint density at radius 1 is 1.75 bits per heavy atom. The molecule has 0 aliphatic rings. The Kier molecular flexibility index (Phi) is 2.87. The molecule has 0 aliphatic carbocycles. The van der Waals surface area contributed by atoms with Gasteiger partial charge in [-0.2, -0.15) is 5.10 Å². The molecule has 0 bridgehead atoms. The smallest absolute Gasteiger partial charge is 0.0739 e. The summed E-state index contributed by atoms with van der Waals surface area (Å²) in [6.45, 7) is 1.81. The zero-order chi connectivity index (χ0) is 9.30. The summed E-state index contributed by atoms with van der Waals surface area (Å²) in [5, 5.41) is 13.0. The Hall–Kier alpha value is -0.390. The first-order valence-electron chi connectivity index (χ1n) is 3.63. The Bertz CT molecular complexity index is 284. The normalized spacial score (nSPS) is 13.4. The van der Waals surface area contributed by atoms with Crippen LogP contribution in [0.2, 0.25) is 0 Å². The van der Waals surface area contributed by atoms with Crippen molar-refractivity contribution in [2.75, 3.05) is 6.61 Å². The first-order valence-corrected chi connectivity index (χ1v) is 4.42. The van der Waals surface area contributed by atoms with Gasteiger partial charge in [0, 0.05) is 7.05 Å². The number of hydrogen-bond acceptors (Lipinski definition) is 3. The van der Waals surface area contributed by atoms with Crippen LogP contribution in [0.4, 0.5) is 0 Å². The number of hydrogen-bond donors (Lipinski definition) is 2. The highest BCUT2D eigenvalue weighted by atomic mass is 79.9. The molecule has 1 aromatic rings. The highest BCUT2D eigenvalue weighted by Crippen LogP contribution is 2.24. The Balaban J connectivity index is 3.13. The van der Waals surface area contributed by atoms with E-state index in [-0.39, 0.29) is 12.6 Å². The van der Waals surface area contributed by atoms with Gasteiger partial charge in [-0.1, -0.05) is 0 Å². The Morgan fingerprint density at radius 2 is 2.33 bits per heavy atom. The van der Waals surface area contributed by atoms with Crippen LogP contribution in [0.25, 0.3) is 0 Å². The molecule has 0 radical (unpaired) electrons. The fourth-order valence-corrected chi connectivity index (χ4v) is 1.77. The number of aromatic nitrogens is 2. The van der Waals surface area contributed by atoms with E-state index in [1.807, 2.05) is 14.0 Å². The van der Waals surface area contributed by atoms with Gasteiger partial charge in [0.25, 0.3) is 0 Å². The topological polar surface area (TPSA) is 64.1 Å². The van der Waals surface area contributed by atoms with Crippen molar-refractivity contribution in [3.63, 3.8) is 0 Å². The molecule has 0 aromatic carbocycles. The SMILES string of the molecule is Cc1nn(C)c(C(N)CO)c1Br. The lowest BCUT2D eigenvalue weighted by Crippen LogP contribution is -2.18. The molecular formula is C7H12BrN3O. The fraction of sp³-hybridized carbons (Fsp3) is 0.571. The molecule has 4 nitrogen and oxygen atoms in total. The summed E-state index contributed by atoms with van der Waals surface area (Å²) in [5.41, 5.74) is 7.38. The molecule has 1 atom stereocenters. The average molecular weight is 234 g/mol. The minimum absolute atomic E-state index is 0.0719. The van der Waals surface area contributed by atoms with Crippen LogP contribution in [-0.4, -0.2) is 21.5 Å². The third-order valence-electron chi connectivity index (χ3n) is 1.74. The maximum atomic E-state index is 8.86. The molecule has 0 fully saturated rings. The largest absolute Gasteiger partial charge is 0.394 e. The van der Waals surface area contributed by atoms with Gasteiger partial charge in [0.1, 0.15) is 0 Å². The lowest BCUT2D eigenvalue weighted by Gasteiger charge is -2.08. The zero-order valence-corrected chi connectivity index (χ0v) is 8.67. The predicted molar refractivity (Wildman–Crippen MR) is 49.7 cm³/mol. The number of nitrogens with zero attached hydrogens (tertiary/aromatic N) is 2. The van der Waals surface area contributed by atoms with Crippen molar-refractivity contribution in [1.29, 1.82) is 0 Å². The first-order chi connectivity index (χ1) is 5.57. The molecule has 0 aliphatic heterocycles. The van der Waals surface area contributed by atoms with E-state index in [4.69, 9.17) is 10.8 Å². The molecule has 1 unspecified atom stereocenters. The quantitative estimate of drug-likeness (QED) is 0.782. The van der Waals surface area contributed by atoms with Gasteiger partial charge in [0.2, 0.25) is 0 Å². The summed E-state index contributed by atoms with van der Waals surface area (Å²) in [4.78, 5) is 0. The van der Waals surface area contributed by atoms with Crippen LogP contribution < -0.4 is 5.73 Å². The van der Waals surface area contributed by atoms with E-state index in [9.17, 15) is 0 Å². The molecule has 1 aromatic heterocycles. The predicted octanol–water partition coefficient (Wildman–Crippen LogP) is 0.483. The van der Waals surface area contributed by atoms with Crippen molar-refractivity contribution < 1.29 is 5.11 Å². The highest BCUT2D eigenvalue weighted by molar-refractivity contribution is 9.10. The number of rotatable bonds is 2. The Morgan fingerprint density at radius 3 is 2.67 bits per heavy atom. The summed E-state index contributed by atoms with van der Waals surface area (Å²) in [5.74, 6) is 0. The molecule has 1 heterocycles. The van der Waals surface area contributed by atoms with Crippen LogP contribution in [0, 0.1) is 6.92 Å². The molecule has 0 spiro atoms. The molecule has 0 saturated carbocycles. The summed E-state index contributed by atoms with van der Waals surface area (Å²) in [6, 6.07) is -0.370. The number of nitrogens with two attached hydrogens (primary N) is 1. The van der Waals surface area contributed by atoms with Crippen LogP contribution in [0.1, 0.15) is 17.4 Å². The van der Waals surface area contributed by atoms with Crippen LogP contribution in [0.5, 0.6) is 0 Å². The van der Waals surface area contributed by atoms with Crippen molar-refractivity contribution in [2.24, 2.45) is 12.8 Å². The number of halogens is 1. The van der Waals surface area contributed by atoms with Gasteiger partial charge >= 0.3 is 0 Å². The molecule has 1 rings (SSSR count). The van der Waals surface area contributed by atoms with Crippen LogP contribution >= 0.6 is 15.9 Å². The highest BCUT2D eigenvalue weighted by Gasteiger charge is 2.16. The molecule has 12 heavy (non-hydrogen) atoms. The van der Waals surface area contributed by atoms with Crippen molar-refractivity contribution in [3.05, 3.63) is 15.9 Å². The van der Waals surface area contributed by atoms with Crippen molar-refractivity contribution in [3.8, 4) is 0 Å². The minimum atomic E-state index is -0.370. The standard InChI is InChI=1S/C7H12BrN3O/c1-4-6(8)7(5(9)3-12)11(2)10-4/h5,12H,3,9H2,1-2H3. The lowest BCUT2D eigenvalue weighted by molar-refractivity contribution is 0.262. The third kappa shape index (κ3) is 1.53. The summed E-state index contributed by atoms with van der Waals surface area (Å²) in [6.07, 6.45) is 0. The van der Waals surface area contributed by atoms with E-state index in [1.54, 1.807) is 4.68 Å². The molecule has 68 valence electrons. The maximum absolute atomic E-state index is 8.86. The van der Waals surface area contributed by atoms with E-state index in [0.29, 0.717) is 0 Å². The van der Waals surface area contributed by atoms with Gasteiger partial charge in [-0.05, 0) is 22.9 Å². The summed E-state index contributed by atoms with van der Waals surface area (Å²) in [7, 11) is 1.81. The van der Waals surface area contributed by atoms with Crippen molar-refractivity contribution in [1.82, 2.24) is 9.78 Å². The van der Waals surface area contributed by atoms with Crippen molar-refractivity contribution in [2.45, 2.75) is 13.0 Å². The number of aliphatic hydroxyl groups is 1. The van der Waals surface area contributed by atoms with E-state index in [0.717, 1.165) is 15.9 Å². The molecule has 0 saturated heterocycles. The van der Waals surface area contributed by atoms with E-state index in [1.165, 1.54) is 0 Å². The monoisotopic (exact) mass is 233 g/mol. The molecule has 5 heteroatoms. The van der Waals surface area contributed by atoms with E-state index < -0.39 is 0 Å². The minimum Gasteiger partial charge on any atom is -0.394 e. The van der Waals surface area contributed by atoms with Gasteiger partial charge in [-0.15, -0.1) is 0 Å². The van der Waals surface area contributed by atoms with E-state index >= 15 is 0 Å². The maximum Gasteiger partial charge on any atom is 0.0739 e. The second-order valence-corrected chi connectivity index (χ2v) is 3.49. The fourth-order valence-electron chi connectivity index (χ4n) is 1.14. The summed E-state index contributed by atoms with van der Waals surface area (Å²) < 4.78 is 2.56. The zero-order valence-electron chi connectivity index (χ0n) is 7.08. The van der Waals surface area contributed by atoms with Crippen LogP contribution in [0.15, 0.2) is 4.47 Å². The number of aryl methyl sites for hydroxylation is 2. The Labute approximate surface area is 79.5 Å². The molecule has 0 amide bonds. The van der Waals surface area contributed by atoms with Crippen LogP contribution in [0.3, 0.4) is 0 Å².